The molecule has 1 atom stereocenters. The van der Waals surface area contributed by atoms with Crippen molar-refractivity contribution < 1.29 is 19.4 Å². The smallest absolute Gasteiger partial charge is 0.341 e. The second-order valence-electron chi connectivity index (χ2n) is 7.14. The number of benzene rings is 2. The van der Waals surface area contributed by atoms with Gasteiger partial charge in [-0.25, -0.2) is 9.80 Å². The third-order valence-corrected chi connectivity index (χ3v) is 6.30. The van der Waals surface area contributed by atoms with Gasteiger partial charge < -0.3 is 9.84 Å². The van der Waals surface area contributed by atoms with Crippen LogP contribution in [0.25, 0.3) is 5.70 Å². The van der Waals surface area contributed by atoms with Crippen molar-refractivity contribution in [2.75, 3.05) is 12.4 Å². The Morgan fingerprint density at radius 2 is 2.12 bits per heavy atom. The number of amidine groups is 1. The summed E-state index contributed by atoms with van der Waals surface area (Å²) in [5, 5.41) is 20.1. The number of nitrogens with zero attached hydrogens (tertiary/aromatic N) is 3. The lowest BCUT2D eigenvalue weighted by Crippen LogP contribution is -2.50. The van der Waals surface area contributed by atoms with Gasteiger partial charge in [0.05, 0.1) is 5.36 Å². The molecule has 2 aliphatic rings. The molecule has 2 heterocycles. The number of carbonyl (C=O) groups excluding carboxylic acids is 1. The number of halogens is 1. The Morgan fingerprint density at radius 3 is 2.91 bits per heavy atom. The van der Waals surface area contributed by atoms with Gasteiger partial charge in [-0.05, 0) is 30.7 Å². The minimum absolute atomic E-state index is 0.262. The Kier molecular flexibility index (Phi) is 6.80. The summed E-state index contributed by atoms with van der Waals surface area (Å²) in [5.41, 5.74) is 1.00. The molecule has 0 bridgehead atoms. The molecule has 0 aromatic heterocycles. The van der Waals surface area contributed by atoms with Crippen LogP contribution in [0.4, 0.5) is 0 Å². The van der Waals surface area contributed by atoms with Gasteiger partial charge in [0.2, 0.25) is 0 Å². The number of carboxylic acid groups (broad SMARTS) is 1. The van der Waals surface area contributed by atoms with Crippen LogP contribution in [0.3, 0.4) is 0 Å². The summed E-state index contributed by atoms with van der Waals surface area (Å²) in [6, 6.07) is 12.6. The van der Waals surface area contributed by atoms with Crippen molar-refractivity contribution in [1.82, 2.24) is 10.3 Å². The van der Waals surface area contributed by atoms with Gasteiger partial charge in [0.15, 0.2) is 17.9 Å². The predicted octanol–water partition coefficient (Wildman–Crippen LogP) is 2.59. The number of thioether (sulfide) groups is 1. The topological polar surface area (TPSA) is 104 Å². The first-order chi connectivity index (χ1) is 15.5. The standard InChI is InChI=1S/C22H21BrN4O4S/c1-2-3-10-32-22-25-21(30)19-15-11-13(23)8-9-16(15)24-20(27(19)26-22)14-6-4-5-7-17(14)31-12-18(28)29/h4-9,11,20H,2-3,10,12H2,1H3,(H,28,29)(H,25,26,30). The molecule has 0 saturated heterocycles. The van der Waals surface area contributed by atoms with Crippen LogP contribution in [0.15, 0.2) is 57.0 Å². The van der Waals surface area contributed by atoms with Crippen LogP contribution in [0.1, 0.15) is 31.5 Å². The summed E-state index contributed by atoms with van der Waals surface area (Å²) >= 11 is 4.95. The highest BCUT2D eigenvalue weighted by molar-refractivity contribution is 9.10. The molecule has 0 saturated carbocycles. The molecule has 32 heavy (non-hydrogen) atoms. The first-order valence-corrected chi connectivity index (χ1v) is 11.9. The zero-order valence-electron chi connectivity index (χ0n) is 17.2. The van der Waals surface area contributed by atoms with Gasteiger partial charge >= 0.3 is 5.97 Å². The summed E-state index contributed by atoms with van der Waals surface area (Å²) < 4.78 is 6.34. The number of para-hydroxylation sites is 1. The number of fused-ring (bicyclic) bond motifs is 2. The van der Waals surface area contributed by atoms with Crippen molar-refractivity contribution in [3.8, 4) is 5.75 Å². The quantitative estimate of drug-likeness (QED) is 0.548. The molecule has 1 amide bonds. The van der Waals surface area contributed by atoms with Gasteiger partial charge in [0, 0.05) is 21.0 Å². The van der Waals surface area contributed by atoms with Crippen LogP contribution in [-0.2, 0) is 9.59 Å². The van der Waals surface area contributed by atoms with Gasteiger partial charge in [-0.1, -0.05) is 59.2 Å². The van der Waals surface area contributed by atoms with E-state index in [1.807, 2.05) is 24.3 Å². The molecule has 2 aliphatic heterocycles. The lowest BCUT2D eigenvalue weighted by molar-refractivity contribution is -0.139. The van der Waals surface area contributed by atoms with Crippen molar-refractivity contribution in [2.24, 2.45) is 10.1 Å². The fourth-order valence-electron chi connectivity index (χ4n) is 3.40. The summed E-state index contributed by atoms with van der Waals surface area (Å²) in [4.78, 5) is 29.1. The summed E-state index contributed by atoms with van der Waals surface area (Å²) in [6.45, 7) is 1.63. The number of aliphatic carboxylic acids is 1. The Hall–Kier alpha value is -2.85. The van der Waals surface area contributed by atoms with Crippen molar-refractivity contribution >= 4 is 50.4 Å². The van der Waals surface area contributed by atoms with E-state index in [4.69, 9.17) is 19.9 Å². The van der Waals surface area contributed by atoms with Gasteiger partial charge in [-0.15, -0.1) is 5.10 Å². The number of unbranched alkanes of at least 4 members (excludes halogenated alkanes) is 1. The molecule has 10 heteroatoms. The lowest BCUT2D eigenvalue weighted by atomic mass is 10.1. The molecule has 2 aromatic carbocycles. The maximum Gasteiger partial charge on any atom is 0.341 e. The van der Waals surface area contributed by atoms with E-state index >= 15 is 0 Å². The Balaban J connectivity index is 1.85. The minimum Gasteiger partial charge on any atom is -0.481 e. The highest BCUT2D eigenvalue weighted by Crippen LogP contribution is 2.35. The normalized spacial score (nSPS) is 17.0. The average Bonchev–Trinajstić information content (AvgIpc) is 2.77. The molecular weight excluding hydrogens is 496 g/mol. The van der Waals surface area contributed by atoms with E-state index in [2.05, 4.69) is 28.2 Å². The van der Waals surface area contributed by atoms with E-state index in [0.717, 1.165) is 23.1 Å². The number of carboxylic acids is 1. The van der Waals surface area contributed by atoms with Gasteiger partial charge in [0.25, 0.3) is 5.91 Å². The minimum atomic E-state index is -1.08. The van der Waals surface area contributed by atoms with Crippen LogP contribution < -0.4 is 20.6 Å². The molecule has 0 aliphatic carbocycles. The third-order valence-electron chi connectivity index (χ3n) is 4.85. The van der Waals surface area contributed by atoms with E-state index in [-0.39, 0.29) is 5.91 Å². The molecule has 0 fully saturated rings. The van der Waals surface area contributed by atoms with E-state index in [9.17, 15) is 9.59 Å². The summed E-state index contributed by atoms with van der Waals surface area (Å²) in [7, 11) is 0. The summed E-state index contributed by atoms with van der Waals surface area (Å²) in [5.74, 6) is -0.124. The predicted molar refractivity (Wildman–Crippen MR) is 125 cm³/mol. The number of ether oxygens (including phenoxy) is 1. The summed E-state index contributed by atoms with van der Waals surface area (Å²) in [6.07, 6.45) is 1.37. The fourth-order valence-corrected chi connectivity index (χ4v) is 4.70. The molecule has 1 unspecified atom stereocenters. The first kappa shape index (κ1) is 22.3. The van der Waals surface area contributed by atoms with Crippen molar-refractivity contribution in [3.63, 3.8) is 0 Å². The first-order valence-electron chi connectivity index (χ1n) is 10.1. The monoisotopic (exact) mass is 516 g/mol. The number of carbonyl (C=O) groups is 2. The zero-order valence-corrected chi connectivity index (χ0v) is 19.6. The number of rotatable bonds is 7. The van der Waals surface area contributed by atoms with Crippen LogP contribution in [0, 0.1) is 0 Å². The van der Waals surface area contributed by atoms with Crippen LogP contribution in [-0.4, -0.2) is 39.5 Å². The second kappa shape index (κ2) is 9.74. The van der Waals surface area contributed by atoms with E-state index < -0.39 is 18.7 Å². The van der Waals surface area contributed by atoms with E-state index in [1.165, 1.54) is 11.8 Å². The van der Waals surface area contributed by atoms with Gasteiger partial charge in [-0.2, -0.15) is 0 Å². The molecule has 166 valence electrons. The Bertz CT molecular complexity index is 1220. The number of nitrogens with one attached hydrogen (secondary N) is 1. The number of hydrazone groups is 1. The fraction of sp³-hybridized carbons (Fsp3) is 0.273. The largest absolute Gasteiger partial charge is 0.481 e. The van der Waals surface area contributed by atoms with Crippen LogP contribution in [0.2, 0.25) is 0 Å². The zero-order chi connectivity index (χ0) is 22.7. The maximum atomic E-state index is 13.2. The molecule has 4 rings (SSSR count). The van der Waals surface area contributed by atoms with Crippen LogP contribution >= 0.6 is 27.7 Å². The Morgan fingerprint density at radius 1 is 1.31 bits per heavy atom. The molecule has 8 nitrogen and oxygen atoms in total. The average molecular weight is 517 g/mol. The third kappa shape index (κ3) is 4.66. The lowest BCUT2D eigenvalue weighted by Gasteiger charge is -2.34. The number of hydrogen-bond acceptors (Lipinski definition) is 7. The van der Waals surface area contributed by atoms with Crippen molar-refractivity contribution in [3.05, 3.63) is 63.1 Å². The molecule has 2 aromatic rings. The molecule has 0 radical (unpaired) electrons. The highest BCUT2D eigenvalue weighted by Gasteiger charge is 2.35. The van der Waals surface area contributed by atoms with Crippen LogP contribution in [0.5, 0.6) is 5.75 Å². The SMILES string of the molecule is CCCCSC1=NN2C(=c3cc(Br)ccc3=NC2c2ccccc2OCC(=O)O)C(=O)N1. The highest BCUT2D eigenvalue weighted by atomic mass is 79.9. The second-order valence-corrected chi connectivity index (χ2v) is 9.14. The van der Waals surface area contributed by atoms with E-state index in [1.54, 1.807) is 23.2 Å². The molecular formula is C22H21BrN4O4S. The van der Waals surface area contributed by atoms with Crippen molar-refractivity contribution in [1.29, 1.82) is 0 Å². The van der Waals surface area contributed by atoms with Gasteiger partial charge in [-0.3, -0.25) is 15.1 Å². The van der Waals surface area contributed by atoms with E-state index in [0.29, 0.717) is 32.8 Å². The number of amides is 1. The molecule has 2 N–H and O–H groups in total. The maximum absolute atomic E-state index is 13.2. The number of hydrogen-bond donors (Lipinski definition) is 2. The Labute approximate surface area is 197 Å². The van der Waals surface area contributed by atoms with Crippen molar-refractivity contribution in [2.45, 2.75) is 25.9 Å². The van der Waals surface area contributed by atoms with Gasteiger partial charge in [0.1, 0.15) is 11.4 Å². The molecule has 0 spiro atoms.